The molecule has 1 aromatic heterocycles. The van der Waals surface area contributed by atoms with Crippen molar-refractivity contribution in [1.29, 1.82) is 0 Å². The molecule has 1 N–H and O–H groups in total. The van der Waals surface area contributed by atoms with Crippen molar-refractivity contribution in [2.45, 2.75) is 32.2 Å². The van der Waals surface area contributed by atoms with E-state index in [1.54, 1.807) is 7.11 Å². The molecule has 6 heteroatoms. The molecule has 0 aliphatic carbocycles. The third kappa shape index (κ3) is 4.73. The van der Waals surface area contributed by atoms with E-state index in [1.165, 1.54) is 0 Å². The standard InChI is InChI=1S/C21H23N3O3/c1-3-17(16-11-7-8-12-18(16)26-2)22-19(25)13-14-20-23-21(24-27-20)15-9-5-4-6-10-15/h4-12,17H,3,13-14H2,1-2H3,(H,22,25). The minimum absolute atomic E-state index is 0.0628. The maximum absolute atomic E-state index is 12.4. The highest BCUT2D eigenvalue weighted by atomic mass is 16.5. The zero-order valence-electron chi connectivity index (χ0n) is 15.5. The summed E-state index contributed by atoms with van der Waals surface area (Å²) in [5.74, 6) is 1.70. The topological polar surface area (TPSA) is 77.3 Å². The lowest BCUT2D eigenvalue weighted by atomic mass is 10.0. The maximum Gasteiger partial charge on any atom is 0.227 e. The summed E-state index contributed by atoms with van der Waals surface area (Å²) in [6.07, 6.45) is 1.45. The summed E-state index contributed by atoms with van der Waals surface area (Å²) < 4.78 is 10.7. The SMILES string of the molecule is CCC(NC(=O)CCc1nc(-c2ccccc2)no1)c1ccccc1OC. The van der Waals surface area contributed by atoms with Crippen molar-refractivity contribution in [3.05, 3.63) is 66.1 Å². The fraction of sp³-hybridized carbons (Fsp3) is 0.286. The van der Waals surface area contributed by atoms with Gasteiger partial charge >= 0.3 is 0 Å². The van der Waals surface area contributed by atoms with E-state index < -0.39 is 0 Å². The van der Waals surface area contributed by atoms with E-state index in [1.807, 2.05) is 61.5 Å². The quantitative estimate of drug-likeness (QED) is 0.654. The lowest BCUT2D eigenvalue weighted by Crippen LogP contribution is -2.28. The Morgan fingerprint density at radius 1 is 1.15 bits per heavy atom. The smallest absolute Gasteiger partial charge is 0.227 e. The highest BCUT2D eigenvalue weighted by molar-refractivity contribution is 5.76. The molecule has 1 atom stereocenters. The van der Waals surface area contributed by atoms with E-state index in [-0.39, 0.29) is 18.4 Å². The lowest BCUT2D eigenvalue weighted by molar-refractivity contribution is -0.121. The van der Waals surface area contributed by atoms with E-state index >= 15 is 0 Å². The molecule has 1 heterocycles. The van der Waals surface area contributed by atoms with Crippen LogP contribution in [0.5, 0.6) is 5.75 Å². The molecule has 0 bridgehead atoms. The summed E-state index contributed by atoms with van der Waals surface area (Å²) in [4.78, 5) is 16.8. The number of benzene rings is 2. The van der Waals surface area contributed by atoms with Crippen LogP contribution in [-0.2, 0) is 11.2 Å². The molecule has 1 unspecified atom stereocenters. The number of hydrogen-bond acceptors (Lipinski definition) is 5. The predicted molar refractivity (Wildman–Crippen MR) is 102 cm³/mol. The van der Waals surface area contributed by atoms with Gasteiger partial charge in [-0.15, -0.1) is 0 Å². The van der Waals surface area contributed by atoms with Gasteiger partial charge in [-0.05, 0) is 12.5 Å². The van der Waals surface area contributed by atoms with Crippen LogP contribution in [0.15, 0.2) is 59.1 Å². The van der Waals surface area contributed by atoms with Crippen LogP contribution in [0.3, 0.4) is 0 Å². The first-order chi connectivity index (χ1) is 13.2. The first-order valence-corrected chi connectivity index (χ1v) is 9.01. The van der Waals surface area contributed by atoms with Gasteiger partial charge in [-0.3, -0.25) is 4.79 Å². The van der Waals surface area contributed by atoms with Gasteiger partial charge in [0, 0.05) is 24.0 Å². The number of nitrogens with zero attached hydrogens (tertiary/aromatic N) is 2. The van der Waals surface area contributed by atoms with Crippen molar-refractivity contribution in [3.8, 4) is 17.1 Å². The maximum atomic E-state index is 12.4. The number of aromatic nitrogens is 2. The highest BCUT2D eigenvalue weighted by Crippen LogP contribution is 2.27. The van der Waals surface area contributed by atoms with Gasteiger partial charge in [0.15, 0.2) is 0 Å². The van der Waals surface area contributed by atoms with Crippen molar-refractivity contribution in [2.24, 2.45) is 0 Å². The molecular formula is C21H23N3O3. The molecule has 0 spiro atoms. The number of amides is 1. The minimum Gasteiger partial charge on any atom is -0.496 e. The minimum atomic E-state index is -0.101. The highest BCUT2D eigenvalue weighted by Gasteiger charge is 2.17. The second kappa shape index (κ2) is 8.98. The van der Waals surface area contributed by atoms with Gasteiger partial charge in [-0.1, -0.05) is 60.6 Å². The third-order valence-corrected chi connectivity index (χ3v) is 4.32. The summed E-state index contributed by atoms with van der Waals surface area (Å²) in [6.45, 7) is 2.03. The number of methoxy groups -OCH3 is 1. The number of carbonyl (C=O) groups is 1. The van der Waals surface area contributed by atoms with Crippen LogP contribution < -0.4 is 10.1 Å². The molecular weight excluding hydrogens is 342 g/mol. The van der Waals surface area contributed by atoms with Crippen molar-refractivity contribution < 1.29 is 14.1 Å². The molecule has 3 rings (SSSR count). The monoisotopic (exact) mass is 365 g/mol. The second-order valence-electron chi connectivity index (χ2n) is 6.15. The van der Waals surface area contributed by atoms with E-state index in [0.29, 0.717) is 18.1 Å². The van der Waals surface area contributed by atoms with Crippen molar-refractivity contribution in [3.63, 3.8) is 0 Å². The molecule has 2 aromatic carbocycles. The summed E-state index contributed by atoms with van der Waals surface area (Å²) in [5.41, 5.74) is 1.86. The summed E-state index contributed by atoms with van der Waals surface area (Å²) in [7, 11) is 1.63. The summed E-state index contributed by atoms with van der Waals surface area (Å²) in [6, 6.07) is 17.2. The Morgan fingerprint density at radius 3 is 2.63 bits per heavy atom. The van der Waals surface area contributed by atoms with Crippen LogP contribution in [-0.4, -0.2) is 23.2 Å². The fourth-order valence-corrected chi connectivity index (χ4v) is 2.90. The molecule has 27 heavy (non-hydrogen) atoms. The molecule has 0 saturated carbocycles. The number of hydrogen-bond donors (Lipinski definition) is 1. The van der Waals surface area contributed by atoms with Crippen molar-refractivity contribution >= 4 is 5.91 Å². The van der Waals surface area contributed by atoms with Gasteiger partial charge in [0.25, 0.3) is 0 Å². The van der Waals surface area contributed by atoms with Crippen molar-refractivity contribution in [2.75, 3.05) is 7.11 Å². The normalized spacial score (nSPS) is 11.8. The number of nitrogens with one attached hydrogen (secondary N) is 1. The zero-order valence-corrected chi connectivity index (χ0v) is 15.5. The van der Waals surface area contributed by atoms with Crippen LogP contribution in [0.25, 0.3) is 11.4 Å². The van der Waals surface area contributed by atoms with Crippen LogP contribution in [0, 0.1) is 0 Å². The molecule has 0 aliphatic rings. The first-order valence-electron chi connectivity index (χ1n) is 9.01. The summed E-state index contributed by atoms with van der Waals surface area (Å²) >= 11 is 0. The van der Waals surface area contributed by atoms with Gasteiger partial charge in [0.1, 0.15) is 5.75 Å². The van der Waals surface area contributed by atoms with Crippen LogP contribution >= 0.6 is 0 Å². The number of rotatable bonds is 8. The van der Waals surface area contributed by atoms with Gasteiger partial charge in [-0.2, -0.15) is 4.98 Å². The number of para-hydroxylation sites is 1. The van der Waals surface area contributed by atoms with Crippen LogP contribution in [0.4, 0.5) is 0 Å². The molecule has 140 valence electrons. The molecule has 6 nitrogen and oxygen atoms in total. The van der Waals surface area contributed by atoms with Gasteiger partial charge in [-0.25, -0.2) is 0 Å². The Bertz CT molecular complexity index is 877. The molecule has 3 aromatic rings. The molecule has 0 aliphatic heterocycles. The van der Waals surface area contributed by atoms with Crippen LogP contribution in [0.2, 0.25) is 0 Å². The predicted octanol–water partition coefficient (Wildman–Crippen LogP) is 3.95. The van der Waals surface area contributed by atoms with E-state index in [0.717, 1.165) is 23.3 Å². The number of aryl methyl sites for hydroxylation is 1. The van der Waals surface area contributed by atoms with E-state index in [2.05, 4.69) is 15.5 Å². The second-order valence-corrected chi connectivity index (χ2v) is 6.15. The molecule has 1 amide bonds. The Morgan fingerprint density at radius 2 is 1.89 bits per heavy atom. The van der Waals surface area contributed by atoms with Gasteiger partial charge in [0.2, 0.25) is 17.6 Å². The largest absolute Gasteiger partial charge is 0.496 e. The first kappa shape index (κ1) is 18.6. The fourth-order valence-electron chi connectivity index (χ4n) is 2.90. The van der Waals surface area contributed by atoms with Gasteiger partial charge in [0.05, 0.1) is 13.2 Å². The Hall–Kier alpha value is -3.15. The van der Waals surface area contributed by atoms with E-state index in [9.17, 15) is 4.79 Å². The average Bonchev–Trinajstić information content (AvgIpc) is 3.20. The third-order valence-electron chi connectivity index (χ3n) is 4.32. The van der Waals surface area contributed by atoms with Crippen molar-refractivity contribution in [1.82, 2.24) is 15.5 Å². The number of carbonyl (C=O) groups excluding carboxylic acids is 1. The average molecular weight is 365 g/mol. The van der Waals surface area contributed by atoms with E-state index in [4.69, 9.17) is 9.26 Å². The molecule has 0 saturated heterocycles. The zero-order chi connectivity index (χ0) is 19.1. The summed E-state index contributed by atoms with van der Waals surface area (Å²) in [5, 5.41) is 7.04. The Labute approximate surface area is 158 Å². The van der Waals surface area contributed by atoms with Gasteiger partial charge < -0.3 is 14.6 Å². The molecule has 0 fully saturated rings. The van der Waals surface area contributed by atoms with Crippen LogP contribution in [0.1, 0.15) is 37.3 Å². The lowest BCUT2D eigenvalue weighted by Gasteiger charge is -2.19. The Kier molecular flexibility index (Phi) is 6.20. The Balaban J connectivity index is 1.58. The number of ether oxygens (including phenoxy) is 1. The molecule has 0 radical (unpaired) electrons.